The van der Waals surface area contributed by atoms with Crippen molar-refractivity contribution in [2.45, 2.75) is 191 Å². The molecule has 322 valence electrons. The molecule has 0 heterocycles. The third-order valence-electron chi connectivity index (χ3n) is 9.08. The lowest BCUT2D eigenvalue weighted by Crippen LogP contribution is -2.21. The highest BCUT2D eigenvalue weighted by Gasteiger charge is 2.29. The van der Waals surface area contributed by atoms with Gasteiger partial charge in [-0.1, -0.05) is 199 Å². The van der Waals surface area contributed by atoms with Crippen LogP contribution in [0.5, 0.6) is 0 Å². The molecule has 6 nitrogen and oxygen atoms in total. The molecule has 0 aliphatic rings. The van der Waals surface area contributed by atoms with Crippen LogP contribution in [-0.4, -0.2) is 64.7 Å². The summed E-state index contributed by atoms with van der Waals surface area (Å²) in [4.78, 5) is 24.7. The number of esters is 2. The maximum absolute atomic E-state index is 12.3. The molecule has 0 aromatic heterocycles. The van der Waals surface area contributed by atoms with Gasteiger partial charge >= 0.3 is 11.9 Å². The minimum absolute atomic E-state index is 0.171. The second-order valence-electron chi connectivity index (χ2n) is 14.5. The van der Waals surface area contributed by atoms with Crippen LogP contribution >= 0.6 is 93.1 Å². The Balaban J connectivity index is 3.93. The number of nitriles is 2. The average molecular weight is 926 g/mol. The zero-order chi connectivity index (χ0) is 41.6. The van der Waals surface area contributed by atoms with E-state index >= 15 is 0 Å². The largest absolute Gasteiger partial charge is 0.465 e. The van der Waals surface area contributed by atoms with Crippen molar-refractivity contribution < 1.29 is 19.1 Å². The van der Waals surface area contributed by atoms with E-state index in [1.807, 2.05) is 13.8 Å². The van der Waals surface area contributed by atoms with Crippen molar-refractivity contribution in [3.05, 3.63) is 0 Å². The molecule has 14 heteroatoms. The van der Waals surface area contributed by atoms with E-state index < -0.39 is 9.49 Å². The molecule has 0 amide bonds. The Morgan fingerprint density at radius 2 is 0.821 bits per heavy atom. The molecule has 0 bridgehead atoms. The molecule has 0 saturated carbocycles. The third-order valence-corrected chi connectivity index (χ3v) is 17.1. The summed E-state index contributed by atoms with van der Waals surface area (Å²) in [7, 11) is 3.11. The van der Waals surface area contributed by atoms with Crippen molar-refractivity contribution in [1.29, 1.82) is 10.5 Å². The Morgan fingerprint density at radius 1 is 0.518 bits per heavy atom. The van der Waals surface area contributed by atoms with E-state index in [4.69, 9.17) is 33.9 Å². The van der Waals surface area contributed by atoms with Gasteiger partial charge in [0.25, 0.3) is 0 Å². The van der Waals surface area contributed by atoms with Crippen molar-refractivity contribution >= 4 is 112 Å². The van der Waals surface area contributed by atoms with Crippen molar-refractivity contribution in [3.8, 4) is 12.1 Å². The second-order valence-corrected chi connectivity index (χ2v) is 24.8. The van der Waals surface area contributed by atoms with Crippen LogP contribution in [0.4, 0.5) is 0 Å². The zero-order valence-electron chi connectivity index (χ0n) is 35.0. The van der Waals surface area contributed by atoms with Crippen LogP contribution in [0.1, 0.15) is 182 Å². The summed E-state index contributed by atoms with van der Waals surface area (Å²) < 4.78 is 10.8. The van der Waals surface area contributed by atoms with Gasteiger partial charge in [-0.15, -0.1) is 23.5 Å². The van der Waals surface area contributed by atoms with Gasteiger partial charge in [0.05, 0.1) is 12.1 Å². The number of carbonyl (C=O) groups is 2. The van der Waals surface area contributed by atoms with E-state index in [0.29, 0.717) is 24.3 Å². The highest BCUT2D eigenvalue weighted by atomic mass is 33.1. The SMILES string of the molecule is CCCCCCCCCCCCSC(=S)S[C@@](C)(C#N)CCC(=O)OCCSSCCOC(=O)CC[C@@](C)(C#N)SC(=S)SCCCCCCCCCCCC. The zero-order valence-corrected chi connectivity index (χ0v) is 41.5. The van der Waals surface area contributed by atoms with Crippen molar-refractivity contribution in [3.63, 3.8) is 0 Å². The molecule has 0 aliphatic carbocycles. The van der Waals surface area contributed by atoms with Crippen LogP contribution in [0.3, 0.4) is 0 Å². The molecule has 2 atom stereocenters. The van der Waals surface area contributed by atoms with Gasteiger partial charge in [-0.25, -0.2) is 0 Å². The Bertz CT molecular complexity index is 1050. The summed E-state index contributed by atoms with van der Waals surface area (Å²) in [6, 6.07) is 4.69. The first kappa shape index (κ1) is 56.2. The summed E-state index contributed by atoms with van der Waals surface area (Å²) in [6.45, 7) is 8.75. The first-order chi connectivity index (χ1) is 27.0. The van der Waals surface area contributed by atoms with Gasteiger partial charge in [-0.05, 0) is 51.0 Å². The van der Waals surface area contributed by atoms with Crippen LogP contribution in [0, 0.1) is 22.7 Å². The molecule has 0 radical (unpaired) electrons. The van der Waals surface area contributed by atoms with Crippen LogP contribution in [-0.2, 0) is 19.1 Å². The highest BCUT2D eigenvalue weighted by molar-refractivity contribution is 8.76. The third kappa shape index (κ3) is 36.1. The van der Waals surface area contributed by atoms with Gasteiger partial charge in [-0.2, -0.15) is 10.5 Å². The maximum Gasteiger partial charge on any atom is 0.305 e. The molecule has 0 aromatic rings. The standard InChI is InChI=1S/C42H72N2O4S8/c1-5-7-9-11-13-15-17-19-21-23-31-51-39(49)55-41(3,35-43)27-25-37(45)47-29-33-53-54-34-30-48-38(46)26-28-42(4,36-44)56-40(50)52-32-24-22-20-18-16-14-12-10-8-6-2/h5-34H2,1-4H3/t41-,42+. The molecule has 0 saturated heterocycles. The first-order valence-corrected chi connectivity index (χ1v) is 28.0. The van der Waals surface area contributed by atoms with Crippen LogP contribution < -0.4 is 0 Å². The van der Waals surface area contributed by atoms with Crippen molar-refractivity contribution in [2.75, 3.05) is 36.2 Å². The van der Waals surface area contributed by atoms with Gasteiger partial charge in [0.2, 0.25) is 0 Å². The fourth-order valence-corrected chi connectivity index (χ4v) is 13.1. The molecule has 0 N–H and O–H groups in total. The van der Waals surface area contributed by atoms with Gasteiger partial charge in [0.15, 0.2) is 0 Å². The number of hydrogen-bond acceptors (Lipinski definition) is 14. The number of hydrogen-bond donors (Lipinski definition) is 0. The lowest BCUT2D eigenvalue weighted by Gasteiger charge is -2.20. The molecule has 0 fully saturated rings. The Morgan fingerprint density at radius 3 is 1.12 bits per heavy atom. The lowest BCUT2D eigenvalue weighted by atomic mass is 10.1. The summed E-state index contributed by atoms with van der Waals surface area (Å²) in [5, 5.41) is 19.6. The minimum atomic E-state index is -0.757. The molecule has 0 aliphatic heterocycles. The Hall–Kier alpha value is 0.200. The molecule has 0 spiro atoms. The fourth-order valence-electron chi connectivity index (χ4n) is 5.50. The second kappa shape index (κ2) is 39.3. The number of nitrogens with zero attached hydrogens (tertiary/aromatic N) is 2. The van der Waals surface area contributed by atoms with Gasteiger partial charge < -0.3 is 9.47 Å². The summed E-state index contributed by atoms with van der Waals surface area (Å²) in [6.07, 6.45) is 27.2. The van der Waals surface area contributed by atoms with Crippen molar-refractivity contribution in [1.82, 2.24) is 0 Å². The van der Waals surface area contributed by atoms with E-state index in [-0.39, 0.29) is 38.0 Å². The van der Waals surface area contributed by atoms with Gasteiger partial charge in [0.1, 0.15) is 29.8 Å². The number of ether oxygens (including phenoxy) is 2. The highest BCUT2D eigenvalue weighted by Crippen LogP contribution is 2.36. The molecular formula is C42H72N2O4S8. The maximum atomic E-state index is 12.3. The van der Waals surface area contributed by atoms with E-state index in [9.17, 15) is 20.1 Å². The average Bonchev–Trinajstić information content (AvgIpc) is 3.18. The molecule has 56 heavy (non-hydrogen) atoms. The smallest absolute Gasteiger partial charge is 0.305 e. The minimum Gasteiger partial charge on any atom is -0.465 e. The topological polar surface area (TPSA) is 100 Å². The van der Waals surface area contributed by atoms with Gasteiger partial charge in [-0.3, -0.25) is 9.59 Å². The predicted molar refractivity (Wildman–Crippen MR) is 262 cm³/mol. The molecule has 0 unspecified atom stereocenters. The Labute approximate surface area is 378 Å². The van der Waals surface area contributed by atoms with Crippen LogP contribution in [0.2, 0.25) is 0 Å². The fraction of sp³-hybridized carbons (Fsp3) is 0.857. The molecular weight excluding hydrogens is 853 g/mol. The summed E-state index contributed by atoms with van der Waals surface area (Å²) >= 11 is 17.2. The number of carbonyl (C=O) groups excluding carboxylic acids is 2. The molecule has 0 rings (SSSR count). The van der Waals surface area contributed by atoms with Crippen molar-refractivity contribution in [2.24, 2.45) is 0 Å². The Kier molecular flexibility index (Phi) is 39.5. The predicted octanol–water partition coefficient (Wildman–Crippen LogP) is 14.9. The van der Waals surface area contributed by atoms with Crippen LogP contribution in [0.15, 0.2) is 0 Å². The van der Waals surface area contributed by atoms with E-state index in [1.165, 1.54) is 139 Å². The first-order valence-electron chi connectivity index (χ1n) is 21.1. The van der Waals surface area contributed by atoms with Crippen LogP contribution in [0.25, 0.3) is 0 Å². The summed E-state index contributed by atoms with van der Waals surface area (Å²) in [5.74, 6) is 2.55. The quantitative estimate of drug-likeness (QED) is 0.0256. The monoisotopic (exact) mass is 924 g/mol. The van der Waals surface area contributed by atoms with E-state index in [2.05, 4.69) is 26.0 Å². The number of thioether (sulfide) groups is 4. The lowest BCUT2D eigenvalue weighted by molar-refractivity contribution is -0.144. The normalized spacial score (nSPS) is 13.2. The number of rotatable bonds is 37. The molecule has 0 aromatic carbocycles. The van der Waals surface area contributed by atoms with Gasteiger partial charge in [0, 0.05) is 24.3 Å². The number of unbranched alkanes of at least 4 members (excludes halogenated alkanes) is 18. The number of thiocarbonyl (C=S) groups is 2. The van der Waals surface area contributed by atoms with E-state index in [1.54, 1.807) is 45.1 Å². The van der Waals surface area contributed by atoms with E-state index in [0.717, 1.165) is 31.4 Å². The summed E-state index contributed by atoms with van der Waals surface area (Å²) in [5.41, 5.74) is 0.